The molecule has 3 aliphatic rings. The summed E-state index contributed by atoms with van der Waals surface area (Å²) in [6.07, 6.45) is -3.47. The summed E-state index contributed by atoms with van der Waals surface area (Å²) >= 11 is 0. The summed E-state index contributed by atoms with van der Waals surface area (Å²) in [5.41, 5.74) is -0.0683. The number of likely N-dealkylation sites (tertiary alicyclic amines) is 1. The van der Waals surface area contributed by atoms with Crippen molar-refractivity contribution in [2.75, 3.05) is 32.7 Å². The van der Waals surface area contributed by atoms with Crippen LogP contribution in [0.15, 0.2) is 42.5 Å². The van der Waals surface area contributed by atoms with E-state index >= 15 is 0 Å². The van der Waals surface area contributed by atoms with Gasteiger partial charge in [0, 0.05) is 55.0 Å². The van der Waals surface area contributed by atoms with Gasteiger partial charge in [-0.25, -0.2) is 9.18 Å². The van der Waals surface area contributed by atoms with Crippen molar-refractivity contribution in [1.82, 2.24) is 30.2 Å². The molecule has 3 N–H and O–H groups in total. The number of carbonyl (C=O) groups excluding carboxylic acids is 3. The van der Waals surface area contributed by atoms with Gasteiger partial charge in [0.25, 0.3) is 5.91 Å². The number of alkyl halides is 3. The van der Waals surface area contributed by atoms with E-state index in [2.05, 4.69) is 15.5 Å². The summed E-state index contributed by atoms with van der Waals surface area (Å²) in [4.78, 5) is 41.9. The normalized spacial score (nSPS) is 18.2. The maximum Gasteiger partial charge on any atom is 0.416 e. The lowest BCUT2D eigenvalue weighted by Gasteiger charge is -2.38. The summed E-state index contributed by atoms with van der Waals surface area (Å²) in [6.45, 7) is 7.69. The summed E-state index contributed by atoms with van der Waals surface area (Å²) in [7, 11) is 0. The van der Waals surface area contributed by atoms with Crippen molar-refractivity contribution in [2.45, 2.75) is 84.0 Å². The van der Waals surface area contributed by atoms with Crippen molar-refractivity contribution < 1.29 is 41.8 Å². The molecule has 0 bridgehead atoms. The highest BCUT2D eigenvalue weighted by Gasteiger charge is 2.44. The molecule has 1 unspecified atom stereocenters. The van der Waals surface area contributed by atoms with Crippen molar-refractivity contribution in [2.24, 2.45) is 5.41 Å². The van der Waals surface area contributed by atoms with E-state index < -0.39 is 47.8 Å². The maximum atomic E-state index is 14.2. The largest absolute Gasteiger partial charge is 0.444 e. The number of aliphatic hydroxyl groups is 1. The fourth-order valence-corrected chi connectivity index (χ4v) is 7.31. The lowest BCUT2D eigenvalue weighted by Crippen LogP contribution is -2.46. The van der Waals surface area contributed by atoms with Crippen molar-refractivity contribution in [3.05, 3.63) is 76.2 Å². The molecule has 6 rings (SSSR count). The quantitative estimate of drug-likeness (QED) is 0.282. The molecule has 1 atom stereocenters. The monoisotopic (exact) mass is 728 g/mol. The van der Waals surface area contributed by atoms with Gasteiger partial charge in [-0.3, -0.25) is 14.3 Å². The molecule has 1 aromatic heterocycles. The van der Waals surface area contributed by atoms with Crippen LogP contribution in [0.5, 0.6) is 0 Å². The smallest absolute Gasteiger partial charge is 0.416 e. The molecule has 3 aromatic rings. The molecule has 2 saturated heterocycles. The van der Waals surface area contributed by atoms with E-state index in [9.17, 15) is 37.1 Å². The summed E-state index contributed by atoms with van der Waals surface area (Å²) in [5, 5.41) is 21.5. The maximum absolute atomic E-state index is 14.2. The predicted octanol–water partition coefficient (Wildman–Crippen LogP) is 4.89. The third-order valence-corrected chi connectivity index (χ3v) is 10.1. The summed E-state index contributed by atoms with van der Waals surface area (Å²) in [5.74, 6) is -1.12. The van der Waals surface area contributed by atoms with Crippen molar-refractivity contribution in [3.63, 3.8) is 0 Å². The molecule has 11 nitrogen and oxygen atoms in total. The number of hydrogen-bond acceptors (Lipinski definition) is 7. The molecule has 0 radical (unpaired) electrons. The number of nitrogens with one attached hydrogen (secondary N) is 2. The molecule has 3 aliphatic heterocycles. The van der Waals surface area contributed by atoms with Crippen LogP contribution in [0.25, 0.3) is 11.3 Å². The zero-order valence-corrected chi connectivity index (χ0v) is 29.5. The Hall–Kier alpha value is -4.50. The highest BCUT2D eigenvalue weighted by molar-refractivity contribution is 5.94. The number of aromatic nitrogens is 2. The van der Waals surface area contributed by atoms with E-state index in [-0.39, 0.29) is 35.5 Å². The first-order valence-corrected chi connectivity index (χ1v) is 17.5. The van der Waals surface area contributed by atoms with Crippen molar-refractivity contribution in [3.8, 4) is 11.3 Å². The Labute approximate surface area is 299 Å². The van der Waals surface area contributed by atoms with E-state index in [0.717, 1.165) is 30.3 Å². The molecule has 52 heavy (non-hydrogen) atoms. The van der Waals surface area contributed by atoms with Crippen LogP contribution in [0.1, 0.15) is 72.8 Å². The van der Waals surface area contributed by atoms with Gasteiger partial charge in [0.1, 0.15) is 11.4 Å². The third-order valence-electron chi connectivity index (χ3n) is 10.1. The molecule has 3 amide bonds. The van der Waals surface area contributed by atoms with Crippen LogP contribution in [0, 0.1) is 11.2 Å². The van der Waals surface area contributed by atoms with Gasteiger partial charge in [0.15, 0.2) is 0 Å². The van der Waals surface area contributed by atoms with Crippen LogP contribution in [0.4, 0.5) is 22.4 Å². The van der Waals surface area contributed by atoms with Gasteiger partial charge >= 0.3 is 12.3 Å². The average molecular weight is 729 g/mol. The molecule has 0 saturated carbocycles. The Morgan fingerprint density at radius 1 is 1.04 bits per heavy atom. The van der Waals surface area contributed by atoms with E-state index in [1.54, 1.807) is 25.5 Å². The standard InChI is InChI=1S/C37H44F4N6O5/c1-35(2,3)52-34(51)46-15-10-30-28(22-46)31(44-47(30)21-27(48)20-45-16-12-36(13-17-45)11-14-42-33(36)50)24-6-9-29(37(39,40)41)25(18-24)19-43-32(49)23-4-7-26(38)8-5-23/h4-9,18,27,48H,10-17,19-22H2,1-3H3,(H,42,50)(H,43,49). The predicted molar refractivity (Wildman–Crippen MR) is 182 cm³/mol. The molecule has 0 aliphatic carbocycles. The highest BCUT2D eigenvalue weighted by Crippen LogP contribution is 2.39. The molecule has 280 valence electrons. The van der Waals surface area contributed by atoms with Gasteiger partial charge in [0.2, 0.25) is 5.91 Å². The lowest BCUT2D eigenvalue weighted by atomic mass is 9.77. The Bertz CT molecular complexity index is 1810. The second-order valence-corrected chi connectivity index (χ2v) is 14.9. The second kappa shape index (κ2) is 14.5. The van der Waals surface area contributed by atoms with Gasteiger partial charge in [-0.15, -0.1) is 0 Å². The fraction of sp³-hybridized carbons (Fsp3) is 0.514. The molecule has 2 fully saturated rings. The second-order valence-electron chi connectivity index (χ2n) is 14.9. The average Bonchev–Trinajstić information content (AvgIpc) is 3.62. The number of rotatable bonds is 8. The van der Waals surface area contributed by atoms with Crippen molar-refractivity contribution >= 4 is 17.9 Å². The SMILES string of the molecule is CC(C)(C)OC(=O)N1CCc2c(c(-c3ccc(C(F)(F)F)c(CNC(=O)c4ccc(F)cc4)c3)nn2CC(O)CN2CCC3(CCNC3=O)CC2)C1. The van der Waals surface area contributed by atoms with Crippen LogP contribution in [0.3, 0.4) is 0 Å². The third kappa shape index (κ3) is 8.25. The number of piperidine rings is 1. The number of nitrogens with zero attached hydrogens (tertiary/aromatic N) is 4. The van der Waals surface area contributed by atoms with Gasteiger partial charge < -0.3 is 30.3 Å². The number of ether oxygens (including phenoxy) is 1. The molecule has 1 spiro atoms. The minimum absolute atomic E-state index is 0.0869. The topological polar surface area (TPSA) is 129 Å². The Kier molecular flexibility index (Phi) is 10.4. The first-order chi connectivity index (χ1) is 24.5. The molecule has 15 heteroatoms. The molecular weight excluding hydrogens is 684 g/mol. The highest BCUT2D eigenvalue weighted by atomic mass is 19.4. The number of amides is 3. The van der Waals surface area contributed by atoms with E-state index in [0.29, 0.717) is 68.8 Å². The van der Waals surface area contributed by atoms with Crippen LogP contribution in [-0.2, 0) is 41.8 Å². The van der Waals surface area contributed by atoms with Gasteiger partial charge in [0.05, 0.1) is 35.9 Å². The zero-order valence-electron chi connectivity index (χ0n) is 29.5. The van der Waals surface area contributed by atoms with Gasteiger partial charge in [-0.1, -0.05) is 6.07 Å². The number of aliphatic hydroxyl groups excluding tert-OH is 1. The minimum atomic E-state index is -4.72. The Morgan fingerprint density at radius 3 is 2.38 bits per heavy atom. The molecule has 4 heterocycles. The van der Waals surface area contributed by atoms with Crippen LogP contribution < -0.4 is 10.6 Å². The van der Waals surface area contributed by atoms with Crippen molar-refractivity contribution in [1.29, 1.82) is 0 Å². The Balaban J connectivity index is 1.27. The number of β-amino-alcohol motifs (C(OH)–C–C–N with tert-alkyl or cyclic N) is 1. The van der Waals surface area contributed by atoms with E-state index in [4.69, 9.17) is 9.84 Å². The van der Waals surface area contributed by atoms with E-state index in [1.165, 1.54) is 29.2 Å². The Morgan fingerprint density at radius 2 is 1.75 bits per heavy atom. The number of halogens is 4. The minimum Gasteiger partial charge on any atom is -0.444 e. The fourth-order valence-electron chi connectivity index (χ4n) is 7.31. The lowest BCUT2D eigenvalue weighted by molar-refractivity contribution is -0.138. The zero-order chi connectivity index (χ0) is 37.4. The summed E-state index contributed by atoms with van der Waals surface area (Å²) < 4.78 is 63.2. The summed E-state index contributed by atoms with van der Waals surface area (Å²) in [6, 6.07) is 8.24. The van der Waals surface area contributed by atoms with Crippen LogP contribution in [-0.4, -0.2) is 87.0 Å². The number of benzene rings is 2. The van der Waals surface area contributed by atoms with E-state index in [1.807, 2.05) is 0 Å². The number of carbonyl (C=O) groups is 3. The first-order valence-electron chi connectivity index (χ1n) is 17.5. The van der Waals surface area contributed by atoms with Gasteiger partial charge in [-0.2, -0.15) is 18.3 Å². The van der Waals surface area contributed by atoms with Crippen LogP contribution in [0.2, 0.25) is 0 Å². The first kappa shape index (κ1) is 37.3. The number of hydrogen-bond donors (Lipinski definition) is 3. The molecular formula is C37H44F4N6O5. The van der Waals surface area contributed by atoms with Crippen LogP contribution >= 0.6 is 0 Å². The number of fused-ring (bicyclic) bond motifs is 1. The van der Waals surface area contributed by atoms with Gasteiger partial charge in [-0.05, 0) is 95.1 Å². The molecule has 2 aromatic carbocycles.